The summed E-state index contributed by atoms with van der Waals surface area (Å²) in [6.45, 7) is 7.44. The highest BCUT2D eigenvalue weighted by Gasteiger charge is 2.11. The molecule has 0 saturated carbocycles. The van der Waals surface area contributed by atoms with Crippen LogP contribution in [0.1, 0.15) is 42.1 Å². The van der Waals surface area contributed by atoms with Gasteiger partial charge in [-0.1, -0.05) is 18.2 Å². The number of nitrogens with one attached hydrogen (secondary N) is 1. The number of rotatable bonds is 9. The lowest BCUT2D eigenvalue weighted by molar-refractivity contribution is 0.0753. The first-order chi connectivity index (χ1) is 11.6. The van der Waals surface area contributed by atoms with E-state index in [4.69, 9.17) is 13.9 Å². The maximum atomic E-state index is 12.0. The molecule has 0 saturated heterocycles. The largest absolute Gasteiger partial charge is 0.485 e. The minimum Gasteiger partial charge on any atom is -0.485 e. The van der Waals surface area contributed by atoms with Crippen LogP contribution in [0.5, 0.6) is 5.75 Å². The molecule has 0 radical (unpaired) electrons. The van der Waals surface area contributed by atoms with Crippen molar-refractivity contribution in [3.8, 4) is 5.75 Å². The van der Waals surface area contributed by atoms with Gasteiger partial charge in [0.25, 0.3) is 5.91 Å². The highest BCUT2D eigenvalue weighted by molar-refractivity contribution is 5.91. The van der Waals surface area contributed by atoms with Gasteiger partial charge in [-0.3, -0.25) is 4.79 Å². The lowest BCUT2D eigenvalue weighted by atomic mass is 10.2. The molecule has 5 nitrogen and oxygen atoms in total. The number of carbonyl (C=O) groups is 1. The second kappa shape index (κ2) is 9.13. The standard InChI is InChI=1S/C19H25NO4/c1-14(2)22-12-6-11-20-19(21)18-10-9-16(24-18)13-23-17-8-5-4-7-15(17)3/h4-5,7-10,14H,6,11-13H2,1-3H3,(H,20,21). The average Bonchev–Trinajstić information content (AvgIpc) is 3.02. The number of para-hydroxylation sites is 1. The Labute approximate surface area is 143 Å². The predicted molar refractivity (Wildman–Crippen MR) is 92.3 cm³/mol. The molecule has 0 aliphatic carbocycles. The van der Waals surface area contributed by atoms with Gasteiger partial charge in [-0.15, -0.1) is 0 Å². The minimum absolute atomic E-state index is 0.210. The van der Waals surface area contributed by atoms with E-state index in [2.05, 4.69) is 5.32 Å². The molecule has 1 aromatic heterocycles. The summed E-state index contributed by atoms with van der Waals surface area (Å²) >= 11 is 0. The van der Waals surface area contributed by atoms with E-state index in [0.717, 1.165) is 17.7 Å². The predicted octanol–water partition coefficient (Wildman–Crippen LogP) is 3.71. The summed E-state index contributed by atoms with van der Waals surface area (Å²) in [6.07, 6.45) is 0.982. The van der Waals surface area contributed by atoms with Gasteiger partial charge in [0.05, 0.1) is 6.10 Å². The molecule has 0 aliphatic heterocycles. The third-order valence-electron chi connectivity index (χ3n) is 3.41. The Bertz CT molecular complexity index is 648. The second-order valence-electron chi connectivity index (χ2n) is 5.85. The third kappa shape index (κ3) is 5.74. The number of aryl methyl sites for hydroxylation is 1. The summed E-state index contributed by atoms with van der Waals surface area (Å²) in [7, 11) is 0. The van der Waals surface area contributed by atoms with E-state index in [-0.39, 0.29) is 12.0 Å². The van der Waals surface area contributed by atoms with E-state index < -0.39 is 0 Å². The van der Waals surface area contributed by atoms with Crippen LogP contribution in [0, 0.1) is 6.92 Å². The van der Waals surface area contributed by atoms with E-state index in [0.29, 0.717) is 31.3 Å². The SMILES string of the molecule is Cc1ccccc1OCc1ccc(C(=O)NCCCOC(C)C)o1. The van der Waals surface area contributed by atoms with Crippen molar-refractivity contribution < 1.29 is 18.7 Å². The summed E-state index contributed by atoms with van der Waals surface area (Å²) in [4.78, 5) is 12.0. The smallest absolute Gasteiger partial charge is 0.286 e. The van der Waals surface area contributed by atoms with Crippen molar-refractivity contribution in [1.82, 2.24) is 5.32 Å². The van der Waals surface area contributed by atoms with Crippen LogP contribution in [-0.2, 0) is 11.3 Å². The molecule has 0 bridgehead atoms. The first-order valence-electron chi connectivity index (χ1n) is 8.23. The number of amides is 1. The van der Waals surface area contributed by atoms with Crippen LogP contribution in [0.15, 0.2) is 40.8 Å². The first kappa shape index (κ1) is 18.1. The maximum Gasteiger partial charge on any atom is 0.286 e. The van der Waals surface area contributed by atoms with Crippen molar-refractivity contribution in [3.05, 3.63) is 53.5 Å². The maximum absolute atomic E-state index is 12.0. The number of furan rings is 1. The Morgan fingerprint density at radius 3 is 2.75 bits per heavy atom. The molecular weight excluding hydrogens is 306 g/mol. The second-order valence-corrected chi connectivity index (χ2v) is 5.85. The van der Waals surface area contributed by atoms with Gasteiger partial charge in [-0.25, -0.2) is 0 Å². The molecule has 0 fully saturated rings. The van der Waals surface area contributed by atoms with E-state index >= 15 is 0 Å². The molecule has 24 heavy (non-hydrogen) atoms. The van der Waals surface area contributed by atoms with Gasteiger partial charge < -0.3 is 19.2 Å². The Hall–Kier alpha value is -2.27. The van der Waals surface area contributed by atoms with Crippen molar-refractivity contribution in [3.63, 3.8) is 0 Å². The molecule has 0 unspecified atom stereocenters. The van der Waals surface area contributed by atoms with E-state index in [1.54, 1.807) is 12.1 Å². The Morgan fingerprint density at radius 2 is 2.00 bits per heavy atom. The van der Waals surface area contributed by atoms with Gasteiger partial charge in [0, 0.05) is 13.2 Å². The number of benzene rings is 1. The molecule has 2 aromatic rings. The van der Waals surface area contributed by atoms with Crippen LogP contribution in [-0.4, -0.2) is 25.2 Å². The lowest BCUT2D eigenvalue weighted by Crippen LogP contribution is -2.25. The molecule has 0 spiro atoms. The lowest BCUT2D eigenvalue weighted by Gasteiger charge is -2.08. The van der Waals surface area contributed by atoms with Gasteiger partial charge in [0.15, 0.2) is 5.76 Å². The molecule has 0 aliphatic rings. The monoisotopic (exact) mass is 331 g/mol. The normalized spacial score (nSPS) is 10.8. The van der Waals surface area contributed by atoms with E-state index in [1.807, 2.05) is 45.0 Å². The van der Waals surface area contributed by atoms with Crippen LogP contribution in [0.2, 0.25) is 0 Å². The fraction of sp³-hybridized carbons (Fsp3) is 0.421. The Balaban J connectivity index is 1.76. The number of hydrogen-bond donors (Lipinski definition) is 1. The molecule has 0 atom stereocenters. The molecule has 5 heteroatoms. The quantitative estimate of drug-likeness (QED) is 0.712. The van der Waals surface area contributed by atoms with Crippen molar-refractivity contribution in [2.45, 2.75) is 39.9 Å². The zero-order valence-electron chi connectivity index (χ0n) is 14.5. The first-order valence-corrected chi connectivity index (χ1v) is 8.23. The zero-order valence-corrected chi connectivity index (χ0v) is 14.5. The number of carbonyl (C=O) groups excluding carboxylic acids is 1. The number of hydrogen-bond acceptors (Lipinski definition) is 4. The van der Waals surface area contributed by atoms with E-state index in [1.165, 1.54) is 0 Å². The Kier molecular flexibility index (Phi) is 6.88. The molecule has 1 amide bonds. The van der Waals surface area contributed by atoms with Crippen molar-refractivity contribution in [2.24, 2.45) is 0 Å². The van der Waals surface area contributed by atoms with Crippen LogP contribution < -0.4 is 10.1 Å². The summed E-state index contributed by atoms with van der Waals surface area (Å²) in [5, 5.41) is 2.82. The van der Waals surface area contributed by atoms with Gasteiger partial charge >= 0.3 is 0 Å². The topological polar surface area (TPSA) is 60.7 Å². The molecule has 1 N–H and O–H groups in total. The van der Waals surface area contributed by atoms with Crippen molar-refractivity contribution in [2.75, 3.05) is 13.2 Å². The van der Waals surface area contributed by atoms with Gasteiger partial charge in [-0.05, 0) is 51.0 Å². The fourth-order valence-electron chi connectivity index (χ4n) is 2.13. The summed E-state index contributed by atoms with van der Waals surface area (Å²) in [6, 6.07) is 11.2. The van der Waals surface area contributed by atoms with Crippen LogP contribution in [0.25, 0.3) is 0 Å². The Morgan fingerprint density at radius 1 is 1.21 bits per heavy atom. The van der Waals surface area contributed by atoms with E-state index in [9.17, 15) is 4.79 Å². The van der Waals surface area contributed by atoms with Crippen molar-refractivity contribution in [1.29, 1.82) is 0 Å². The average molecular weight is 331 g/mol. The zero-order chi connectivity index (χ0) is 17.4. The van der Waals surface area contributed by atoms with Crippen molar-refractivity contribution >= 4 is 5.91 Å². The summed E-state index contributed by atoms with van der Waals surface area (Å²) < 4.78 is 16.7. The van der Waals surface area contributed by atoms with Crippen LogP contribution in [0.3, 0.4) is 0 Å². The highest BCUT2D eigenvalue weighted by atomic mass is 16.5. The van der Waals surface area contributed by atoms with Gasteiger partial charge in [0.2, 0.25) is 0 Å². The molecule has 1 aromatic carbocycles. The summed E-state index contributed by atoms with van der Waals surface area (Å²) in [5.74, 6) is 1.50. The van der Waals surface area contributed by atoms with Gasteiger partial charge in [0.1, 0.15) is 18.1 Å². The van der Waals surface area contributed by atoms with Crippen LogP contribution >= 0.6 is 0 Å². The molecule has 2 rings (SSSR count). The number of ether oxygens (including phenoxy) is 2. The molecular formula is C19H25NO4. The highest BCUT2D eigenvalue weighted by Crippen LogP contribution is 2.18. The van der Waals surface area contributed by atoms with Crippen LogP contribution in [0.4, 0.5) is 0 Å². The van der Waals surface area contributed by atoms with Gasteiger partial charge in [-0.2, -0.15) is 0 Å². The summed E-state index contributed by atoms with van der Waals surface area (Å²) in [5.41, 5.74) is 1.06. The molecule has 130 valence electrons. The minimum atomic E-state index is -0.221. The fourth-order valence-corrected chi connectivity index (χ4v) is 2.13. The molecule has 1 heterocycles. The third-order valence-corrected chi connectivity index (χ3v) is 3.41.